The summed E-state index contributed by atoms with van der Waals surface area (Å²) in [6, 6.07) is 10.4. The Morgan fingerprint density at radius 2 is 1.89 bits per heavy atom. The van der Waals surface area contributed by atoms with E-state index in [0.717, 1.165) is 36.9 Å². The van der Waals surface area contributed by atoms with E-state index in [1.807, 2.05) is 24.3 Å². The highest BCUT2D eigenvalue weighted by Gasteiger charge is 2.32. The van der Waals surface area contributed by atoms with Gasteiger partial charge in [0, 0.05) is 69.1 Å². The van der Waals surface area contributed by atoms with Crippen molar-refractivity contribution in [3.05, 3.63) is 42.3 Å². The number of anilines is 2. The van der Waals surface area contributed by atoms with Crippen LogP contribution in [0.3, 0.4) is 0 Å². The first-order valence-corrected chi connectivity index (χ1v) is 12.7. The molecule has 35 heavy (non-hydrogen) atoms. The molecule has 2 aliphatic rings. The molecular formula is C27H38F2N4O2. The first-order valence-electron chi connectivity index (χ1n) is 12.7. The van der Waals surface area contributed by atoms with Crippen LogP contribution in [0.2, 0.25) is 0 Å². The molecule has 1 aromatic carbocycles. The van der Waals surface area contributed by atoms with E-state index in [4.69, 9.17) is 9.47 Å². The Morgan fingerprint density at radius 1 is 1.14 bits per heavy atom. The Hall–Kier alpha value is -2.29. The van der Waals surface area contributed by atoms with Gasteiger partial charge in [-0.05, 0) is 56.4 Å². The molecule has 0 bridgehead atoms. The molecule has 1 aliphatic heterocycles. The zero-order chi connectivity index (χ0) is 24.7. The summed E-state index contributed by atoms with van der Waals surface area (Å²) in [6.45, 7) is 3.96. The van der Waals surface area contributed by atoms with E-state index in [1.165, 1.54) is 6.20 Å². The van der Waals surface area contributed by atoms with Gasteiger partial charge in [-0.2, -0.15) is 0 Å². The monoisotopic (exact) mass is 488 g/mol. The quantitative estimate of drug-likeness (QED) is 0.429. The molecule has 2 heterocycles. The van der Waals surface area contributed by atoms with E-state index in [-0.39, 0.29) is 12.4 Å². The number of rotatable bonds is 10. The number of pyridine rings is 1. The van der Waals surface area contributed by atoms with Crippen LogP contribution in [0.1, 0.15) is 45.4 Å². The number of nitrogens with zero attached hydrogens (tertiary/aromatic N) is 1. The van der Waals surface area contributed by atoms with Crippen molar-refractivity contribution in [2.45, 2.75) is 69.2 Å². The van der Waals surface area contributed by atoms with Crippen molar-refractivity contribution >= 4 is 11.5 Å². The molecule has 192 valence electrons. The first-order chi connectivity index (χ1) is 16.9. The van der Waals surface area contributed by atoms with E-state index in [9.17, 15) is 8.78 Å². The van der Waals surface area contributed by atoms with Crippen LogP contribution >= 0.6 is 0 Å². The third-order valence-electron chi connectivity index (χ3n) is 7.04. The number of benzene rings is 1. The second-order valence-electron chi connectivity index (χ2n) is 9.96. The van der Waals surface area contributed by atoms with Gasteiger partial charge in [0.05, 0.1) is 12.8 Å². The van der Waals surface area contributed by atoms with Crippen molar-refractivity contribution in [1.82, 2.24) is 10.3 Å². The fraction of sp³-hybridized carbons (Fsp3) is 0.593. The molecule has 1 saturated carbocycles. The molecule has 4 rings (SSSR count). The van der Waals surface area contributed by atoms with Crippen LogP contribution < -0.4 is 16.0 Å². The van der Waals surface area contributed by atoms with E-state index in [2.05, 4.69) is 27.9 Å². The Labute approximate surface area is 207 Å². The lowest BCUT2D eigenvalue weighted by Crippen LogP contribution is -2.42. The van der Waals surface area contributed by atoms with Crippen molar-refractivity contribution in [2.75, 3.05) is 44.1 Å². The zero-order valence-corrected chi connectivity index (χ0v) is 20.8. The summed E-state index contributed by atoms with van der Waals surface area (Å²) in [7, 11) is 1.72. The SMILES string of the molecule is COCC(C)NC1CCC(Nc2cc(-c3cccc(NCC4(F)CCOCC4)c3)c(F)cn2)CC1. The molecule has 1 unspecified atom stereocenters. The van der Waals surface area contributed by atoms with Crippen molar-refractivity contribution in [2.24, 2.45) is 0 Å². The second kappa shape index (κ2) is 12.1. The van der Waals surface area contributed by atoms with Crippen molar-refractivity contribution in [1.29, 1.82) is 0 Å². The standard InChI is InChI=1S/C27H38F2N4O2/c1-19(17-34-2)32-21-6-8-22(9-7-21)33-26-15-24(25(28)16-30-26)20-4-3-5-23(14-20)31-18-27(29)10-12-35-13-11-27/h3-5,14-16,19,21-22,31-32H,6-13,17-18H2,1-2H3,(H,30,33). The Kier molecular flexibility index (Phi) is 8.92. The number of methoxy groups -OCH3 is 1. The summed E-state index contributed by atoms with van der Waals surface area (Å²) < 4.78 is 40.1. The molecule has 0 amide bonds. The largest absolute Gasteiger partial charge is 0.383 e. The predicted octanol–water partition coefficient (Wildman–Crippen LogP) is 5.17. The minimum atomic E-state index is -1.27. The van der Waals surface area contributed by atoms with Crippen molar-refractivity contribution in [3.63, 3.8) is 0 Å². The van der Waals surface area contributed by atoms with E-state index < -0.39 is 5.67 Å². The maximum absolute atomic E-state index is 14.9. The normalized spacial score (nSPS) is 23.0. The van der Waals surface area contributed by atoms with Crippen molar-refractivity contribution < 1.29 is 18.3 Å². The highest BCUT2D eigenvalue weighted by atomic mass is 19.1. The maximum atomic E-state index is 14.9. The molecule has 6 nitrogen and oxygen atoms in total. The Bertz CT molecular complexity index is 947. The van der Waals surface area contributed by atoms with Gasteiger partial charge < -0.3 is 25.4 Å². The van der Waals surface area contributed by atoms with Crippen LogP contribution in [-0.4, -0.2) is 62.3 Å². The predicted molar refractivity (Wildman–Crippen MR) is 136 cm³/mol. The number of alkyl halides is 1. The van der Waals surface area contributed by atoms with Gasteiger partial charge >= 0.3 is 0 Å². The molecule has 1 saturated heterocycles. The molecule has 1 atom stereocenters. The highest BCUT2D eigenvalue weighted by molar-refractivity contribution is 5.70. The summed E-state index contributed by atoms with van der Waals surface area (Å²) in [5.74, 6) is 0.299. The highest BCUT2D eigenvalue weighted by Crippen LogP contribution is 2.30. The molecular weight excluding hydrogens is 450 g/mol. The molecule has 1 aromatic heterocycles. The summed E-state index contributed by atoms with van der Waals surface area (Å²) in [5.41, 5.74) is 0.711. The van der Waals surface area contributed by atoms with Crippen LogP contribution in [0.4, 0.5) is 20.3 Å². The fourth-order valence-electron chi connectivity index (χ4n) is 5.02. The minimum Gasteiger partial charge on any atom is -0.383 e. The number of aromatic nitrogens is 1. The fourth-order valence-corrected chi connectivity index (χ4v) is 5.02. The Morgan fingerprint density at radius 3 is 2.63 bits per heavy atom. The maximum Gasteiger partial charge on any atom is 0.149 e. The Balaban J connectivity index is 1.36. The lowest BCUT2D eigenvalue weighted by atomic mass is 9.90. The third kappa shape index (κ3) is 7.35. The van der Waals surface area contributed by atoms with Crippen LogP contribution in [0.5, 0.6) is 0 Å². The summed E-state index contributed by atoms with van der Waals surface area (Å²) in [5, 5.41) is 10.3. The van der Waals surface area contributed by atoms with Gasteiger partial charge in [0.2, 0.25) is 0 Å². The lowest BCUT2D eigenvalue weighted by Gasteiger charge is -2.32. The lowest BCUT2D eigenvalue weighted by molar-refractivity contribution is -0.00115. The van der Waals surface area contributed by atoms with Gasteiger partial charge in [0.1, 0.15) is 17.3 Å². The summed E-state index contributed by atoms with van der Waals surface area (Å²) >= 11 is 0. The number of hydrogen-bond acceptors (Lipinski definition) is 6. The second-order valence-corrected chi connectivity index (χ2v) is 9.96. The van der Waals surface area contributed by atoms with Gasteiger partial charge in [-0.3, -0.25) is 0 Å². The van der Waals surface area contributed by atoms with Crippen LogP contribution in [0, 0.1) is 5.82 Å². The smallest absolute Gasteiger partial charge is 0.149 e. The average Bonchev–Trinajstić information content (AvgIpc) is 2.86. The van der Waals surface area contributed by atoms with Crippen LogP contribution in [-0.2, 0) is 9.47 Å². The number of ether oxygens (including phenoxy) is 2. The average molecular weight is 489 g/mol. The number of halogens is 2. The molecule has 0 radical (unpaired) electrons. The topological polar surface area (TPSA) is 67.4 Å². The van der Waals surface area contributed by atoms with Gasteiger partial charge in [0.25, 0.3) is 0 Å². The van der Waals surface area contributed by atoms with Crippen LogP contribution in [0.25, 0.3) is 11.1 Å². The molecule has 1 aliphatic carbocycles. The zero-order valence-electron chi connectivity index (χ0n) is 20.8. The van der Waals surface area contributed by atoms with Crippen molar-refractivity contribution in [3.8, 4) is 11.1 Å². The summed E-state index contributed by atoms with van der Waals surface area (Å²) in [4.78, 5) is 4.28. The van der Waals surface area contributed by atoms with Gasteiger partial charge in [-0.15, -0.1) is 0 Å². The van der Waals surface area contributed by atoms with Gasteiger partial charge in [-0.25, -0.2) is 13.8 Å². The summed E-state index contributed by atoms with van der Waals surface area (Å²) in [6.07, 6.45) is 6.26. The van der Waals surface area contributed by atoms with Gasteiger partial charge in [-0.1, -0.05) is 12.1 Å². The number of nitrogens with one attached hydrogen (secondary N) is 3. The van der Waals surface area contributed by atoms with Gasteiger partial charge in [0.15, 0.2) is 0 Å². The van der Waals surface area contributed by atoms with E-state index in [1.54, 1.807) is 13.2 Å². The minimum absolute atomic E-state index is 0.216. The van der Waals surface area contributed by atoms with E-state index in [0.29, 0.717) is 62.2 Å². The van der Waals surface area contributed by atoms with Crippen LogP contribution in [0.15, 0.2) is 36.5 Å². The molecule has 2 fully saturated rings. The molecule has 8 heteroatoms. The molecule has 0 spiro atoms. The third-order valence-corrected chi connectivity index (χ3v) is 7.04. The van der Waals surface area contributed by atoms with E-state index >= 15 is 0 Å². The molecule has 2 aromatic rings. The first kappa shape index (κ1) is 25.8. The number of hydrogen-bond donors (Lipinski definition) is 3. The molecule has 3 N–H and O–H groups in total.